The SMILES string of the molecule is CCN(CC(C)C)c1cc(CO)cc(C)n1. The fourth-order valence-electron chi connectivity index (χ4n) is 1.80. The molecule has 1 aromatic heterocycles. The maximum Gasteiger partial charge on any atom is 0.129 e. The fourth-order valence-corrected chi connectivity index (χ4v) is 1.80. The number of hydrogen-bond donors (Lipinski definition) is 1. The topological polar surface area (TPSA) is 36.4 Å². The Kier molecular flexibility index (Phi) is 4.74. The van der Waals surface area contributed by atoms with Crippen molar-refractivity contribution in [3.8, 4) is 0 Å². The number of anilines is 1. The van der Waals surface area contributed by atoms with Gasteiger partial charge >= 0.3 is 0 Å². The quantitative estimate of drug-likeness (QED) is 0.831. The molecule has 0 bridgehead atoms. The lowest BCUT2D eigenvalue weighted by atomic mass is 10.2. The van der Waals surface area contributed by atoms with Crippen molar-refractivity contribution in [1.29, 1.82) is 0 Å². The highest BCUT2D eigenvalue weighted by molar-refractivity contribution is 5.42. The van der Waals surface area contributed by atoms with E-state index in [1.165, 1.54) is 0 Å². The van der Waals surface area contributed by atoms with Crippen LogP contribution in [0.25, 0.3) is 0 Å². The summed E-state index contributed by atoms with van der Waals surface area (Å²) in [6.45, 7) is 10.5. The highest BCUT2D eigenvalue weighted by Crippen LogP contribution is 2.16. The molecule has 0 atom stereocenters. The third-order valence-electron chi connectivity index (χ3n) is 2.47. The van der Waals surface area contributed by atoms with Crippen LogP contribution >= 0.6 is 0 Å². The molecule has 90 valence electrons. The van der Waals surface area contributed by atoms with Gasteiger partial charge in [-0.1, -0.05) is 13.8 Å². The normalized spacial score (nSPS) is 10.9. The second kappa shape index (κ2) is 5.85. The van der Waals surface area contributed by atoms with Gasteiger partial charge in [0, 0.05) is 18.8 Å². The maximum absolute atomic E-state index is 9.18. The van der Waals surface area contributed by atoms with E-state index < -0.39 is 0 Å². The van der Waals surface area contributed by atoms with Crippen LogP contribution in [0.4, 0.5) is 5.82 Å². The minimum atomic E-state index is 0.0790. The fraction of sp³-hybridized carbons (Fsp3) is 0.615. The molecule has 1 aromatic rings. The Labute approximate surface area is 98.1 Å². The molecule has 1 heterocycles. The van der Waals surface area contributed by atoms with Crippen LogP contribution < -0.4 is 4.90 Å². The van der Waals surface area contributed by atoms with Crippen LogP contribution in [0.1, 0.15) is 32.0 Å². The van der Waals surface area contributed by atoms with Gasteiger partial charge in [0.15, 0.2) is 0 Å². The van der Waals surface area contributed by atoms with Gasteiger partial charge in [-0.2, -0.15) is 0 Å². The molecule has 0 spiro atoms. The lowest BCUT2D eigenvalue weighted by Crippen LogP contribution is -2.28. The summed E-state index contributed by atoms with van der Waals surface area (Å²) in [4.78, 5) is 6.77. The van der Waals surface area contributed by atoms with E-state index in [0.717, 1.165) is 30.2 Å². The summed E-state index contributed by atoms with van der Waals surface area (Å²) < 4.78 is 0. The van der Waals surface area contributed by atoms with Crippen LogP contribution in [0, 0.1) is 12.8 Å². The summed E-state index contributed by atoms with van der Waals surface area (Å²) >= 11 is 0. The predicted molar refractivity (Wildman–Crippen MR) is 67.6 cm³/mol. The van der Waals surface area contributed by atoms with Crippen molar-refractivity contribution in [2.24, 2.45) is 5.92 Å². The van der Waals surface area contributed by atoms with E-state index in [1.807, 2.05) is 19.1 Å². The molecule has 0 aliphatic carbocycles. The van der Waals surface area contributed by atoms with Gasteiger partial charge in [0.25, 0.3) is 0 Å². The van der Waals surface area contributed by atoms with E-state index in [4.69, 9.17) is 0 Å². The molecule has 0 aliphatic rings. The molecule has 0 aliphatic heterocycles. The first-order valence-corrected chi connectivity index (χ1v) is 5.90. The van der Waals surface area contributed by atoms with Crippen molar-refractivity contribution in [3.63, 3.8) is 0 Å². The van der Waals surface area contributed by atoms with E-state index in [1.54, 1.807) is 0 Å². The van der Waals surface area contributed by atoms with E-state index in [0.29, 0.717) is 5.92 Å². The second-order valence-electron chi connectivity index (χ2n) is 4.57. The molecule has 0 radical (unpaired) electrons. The zero-order valence-electron chi connectivity index (χ0n) is 10.7. The molecule has 1 rings (SSSR count). The van der Waals surface area contributed by atoms with E-state index in [2.05, 4.69) is 30.7 Å². The molecule has 0 amide bonds. The van der Waals surface area contributed by atoms with Gasteiger partial charge < -0.3 is 10.0 Å². The van der Waals surface area contributed by atoms with Crippen LogP contribution in [0.15, 0.2) is 12.1 Å². The Hall–Kier alpha value is -1.09. The Morgan fingerprint density at radius 1 is 1.38 bits per heavy atom. The van der Waals surface area contributed by atoms with Gasteiger partial charge in [0.1, 0.15) is 5.82 Å². The van der Waals surface area contributed by atoms with Crippen molar-refractivity contribution < 1.29 is 5.11 Å². The van der Waals surface area contributed by atoms with Crippen LogP contribution in [0.3, 0.4) is 0 Å². The number of hydrogen-bond acceptors (Lipinski definition) is 3. The average molecular weight is 222 g/mol. The molecular formula is C13H22N2O. The van der Waals surface area contributed by atoms with Crippen LogP contribution in [-0.2, 0) is 6.61 Å². The molecule has 0 unspecified atom stereocenters. The molecule has 3 heteroatoms. The van der Waals surface area contributed by atoms with Crippen molar-refractivity contribution in [2.45, 2.75) is 34.3 Å². The first-order valence-electron chi connectivity index (χ1n) is 5.90. The third-order valence-corrected chi connectivity index (χ3v) is 2.47. The summed E-state index contributed by atoms with van der Waals surface area (Å²) in [5.74, 6) is 1.58. The molecule has 0 saturated heterocycles. The highest BCUT2D eigenvalue weighted by atomic mass is 16.3. The van der Waals surface area contributed by atoms with Crippen molar-refractivity contribution >= 4 is 5.82 Å². The lowest BCUT2D eigenvalue weighted by molar-refractivity contribution is 0.281. The number of aliphatic hydroxyl groups is 1. The zero-order valence-corrected chi connectivity index (χ0v) is 10.7. The molecule has 16 heavy (non-hydrogen) atoms. The Balaban J connectivity index is 2.95. The smallest absolute Gasteiger partial charge is 0.129 e. The molecule has 0 saturated carbocycles. The predicted octanol–water partition coefficient (Wildman–Crippen LogP) is 2.36. The first kappa shape index (κ1) is 13.0. The number of aliphatic hydroxyl groups excluding tert-OH is 1. The highest BCUT2D eigenvalue weighted by Gasteiger charge is 2.09. The van der Waals surface area contributed by atoms with Gasteiger partial charge in [-0.25, -0.2) is 4.98 Å². The minimum absolute atomic E-state index is 0.0790. The molecule has 0 fully saturated rings. The number of aryl methyl sites for hydroxylation is 1. The van der Waals surface area contributed by atoms with Crippen molar-refractivity contribution in [3.05, 3.63) is 23.4 Å². The number of nitrogens with zero attached hydrogens (tertiary/aromatic N) is 2. The van der Waals surface area contributed by atoms with Gasteiger partial charge in [-0.3, -0.25) is 0 Å². The van der Waals surface area contributed by atoms with Gasteiger partial charge in [-0.05, 0) is 37.5 Å². The summed E-state index contributed by atoms with van der Waals surface area (Å²) in [5.41, 5.74) is 1.90. The largest absolute Gasteiger partial charge is 0.392 e. The summed E-state index contributed by atoms with van der Waals surface area (Å²) in [5, 5.41) is 9.18. The first-order chi connectivity index (χ1) is 7.56. The average Bonchev–Trinajstić information content (AvgIpc) is 2.24. The third kappa shape index (κ3) is 3.49. The molecule has 1 N–H and O–H groups in total. The van der Waals surface area contributed by atoms with E-state index in [9.17, 15) is 5.11 Å². The molecular weight excluding hydrogens is 200 g/mol. The Bertz CT molecular complexity index is 337. The van der Waals surface area contributed by atoms with Crippen molar-refractivity contribution in [2.75, 3.05) is 18.0 Å². The molecule has 0 aromatic carbocycles. The van der Waals surface area contributed by atoms with Crippen molar-refractivity contribution in [1.82, 2.24) is 4.98 Å². The minimum Gasteiger partial charge on any atom is -0.392 e. The number of aromatic nitrogens is 1. The summed E-state index contributed by atoms with van der Waals surface area (Å²) in [7, 11) is 0. The maximum atomic E-state index is 9.18. The standard InChI is InChI=1S/C13H22N2O/c1-5-15(8-10(2)3)13-7-12(9-16)6-11(4)14-13/h6-7,10,16H,5,8-9H2,1-4H3. The van der Waals surface area contributed by atoms with Gasteiger partial charge in [-0.15, -0.1) is 0 Å². The summed E-state index contributed by atoms with van der Waals surface area (Å²) in [6, 6.07) is 3.89. The van der Waals surface area contributed by atoms with E-state index in [-0.39, 0.29) is 6.61 Å². The van der Waals surface area contributed by atoms with Crippen LogP contribution in [-0.4, -0.2) is 23.2 Å². The van der Waals surface area contributed by atoms with Crippen LogP contribution in [0.5, 0.6) is 0 Å². The second-order valence-corrected chi connectivity index (χ2v) is 4.57. The number of rotatable bonds is 5. The Morgan fingerprint density at radius 3 is 2.56 bits per heavy atom. The van der Waals surface area contributed by atoms with Gasteiger partial charge in [0.05, 0.1) is 6.61 Å². The van der Waals surface area contributed by atoms with E-state index >= 15 is 0 Å². The van der Waals surface area contributed by atoms with Gasteiger partial charge in [0.2, 0.25) is 0 Å². The number of pyridine rings is 1. The Morgan fingerprint density at radius 2 is 2.06 bits per heavy atom. The summed E-state index contributed by atoms with van der Waals surface area (Å²) in [6.07, 6.45) is 0. The monoisotopic (exact) mass is 222 g/mol. The zero-order chi connectivity index (χ0) is 12.1. The molecule has 3 nitrogen and oxygen atoms in total. The van der Waals surface area contributed by atoms with Crippen LogP contribution in [0.2, 0.25) is 0 Å². The lowest BCUT2D eigenvalue weighted by Gasteiger charge is -2.24.